The van der Waals surface area contributed by atoms with Crippen LogP contribution >= 0.6 is 11.8 Å². The first kappa shape index (κ1) is 81.6. The van der Waals surface area contributed by atoms with Gasteiger partial charge >= 0.3 is 5.97 Å². The predicted molar refractivity (Wildman–Crippen MR) is 376 cm³/mol. The van der Waals surface area contributed by atoms with E-state index < -0.39 is 8.32 Å². The van der Waals surface area contributed by atoms with Crippen molar-refractivity contribution < 1.29 is 23.5 Å². The van der Waals surface area contributed by atoms with Gasteiger partial charge in [0.1, 0.15) is 0 Å². The van der Waals surface area contributed by atoms with Gasteiger partial charge in [-0.05, 0) is 86.7 Å². The van der Waals surface area contributed by atoms with E-state index in [9.17, 15) is 9.59 Å². The summed E-state index contributed by atoms with van der Waals surface area (Å²) in [5.74, 6) is 3.52. The van der Waals surface area contributed by atoms with Crippen LogP contribution in [0.4, 0.5) is 0 Å². The third-order valence-corrected chi connectivity index (χ3v) is 26.5. The average molecular weight is 1220 g/mol. The van der Waals surface area contributed by atoms with Crippen LogP contribution in [0.5, 0.6) is 0 Å². The second kappa shape index (κ2) is 55.5. The van der Waals surface area contributed by atoms with Gasteiger partial charge in [-0.1, -0.05) is 362 Å². The number of rotatable bonds is 64. The molecule has 1 fully saturated rings. The number of ether oxygens (including phenoxy) is 2. The zero-order valence-corrected chi connectivity index (χ0v) is 61.1. The summed E-state index contributed by atoms with van der Waals surface area (Å²) >= 11 is 1.62. The molecule has 2 unspecified atom stereocenters. The highest BCUT2D eigenvalue weighted by atomic mass is 32.2. The fraction of sp³-hybridized carbons (Fsp3) is 0.974. The number of hydrogen-bond acceptors (Lipinski definition) is 6. The van der Waals surface area contributed by atoms with Gasteiger partial charge in [0.25, 0.3) is 0 Å². The molecule has 0 aliphatic heterocycles. The maximum atomic E-state index is 12.9. The topological polar surface area (TPSA) is 61.8 Å². The Hall–Kier alpha value is -0.373. The molecule has 0 aromatic rings. The van der Waals surface area contributed by atoms with Gasteiger partial charge in [0.05, 0.1) is 25.2 Å². The molecule has 0 radical (unpaired) electrons. The number of methoxy groups -OCH3 is 2. The van der Waals surface area contributed by atoms with Gasteiger partial charge in [-0.15, -0.1) is 0 Å². The summed E-state index contributed by atoms with van der Waals surface area (Å²) < 4.78 is 18.2. The lowest BCUT2D eigenvalue weighted by Crippen LogP contribution is -2.47. The Balaban J connectivity index is 1.92. The summed E-state index contributed by atoms with van der Waals surface area (Å²) in [4.78, 5) is 24.8. The van der Waals surface area contributed by atoms with Crippen molar-refractivity contribution in [2.45, 2.75) is 438 Å². The molecule has 1 saturated carbocycles. The van der Waals surface area contributed by atoms with Gasteiger partial charge in [0.15, 0.2) is 13.4 Å². The Labute approximate surface area is 533 Å². The standard InChI is InChI=1S/C77H152O5SSi/c1-13-15-17-18-19-20-37-42-47-54-61-71(83-69(5)78)62-55-50-52-59-68(4)74(80-9)64-56-48-43-38-33-29-26-25-27-31-35-40-45-51-58-67(3)73-66-70(73)60-53-46-41-36-32-28-23-21-22-24-30-34-39-44-49-57-65-75(82-84(11,12)77(6,7)8)72(63-16-14-2)76(79)81-10/h67-68,70-75H,13-66H2,1-12H3/t67-,68-,70+,71?,72+,73?,74-,75+/m0/s1. The molecule has 1 rings (SSSR count). The van der Waals surface area contributed by atoms with Gasteiger partial charge in [0.2, 0.25) is 0 Å². The van der Waals surface area contributed by atoms with Gasteiger partial charge in [-0.25, -0.2) is 0 Å². The third-order valence-electron chi connectivity index (χ3n) is 20.8. The minimum Gasteiger partial charge on any atom is -0.469 e. The van der Waals surface area contributed by atoms with E-state index in [0.717, 1.165) is 49.9 Å². The first-order chi connectivity index (χ1) is 40.6. The average Bonchev–Trinajstić information content (AvgIpc) is 3.30. The molecule has 8 atom stereocenters. The molecular weight excluding hydrogens is 1060 g/mol. The van der Waals surface area contributed by atoms with Crippen LogP contribution in [0.15, 0.2) is 0 Å². The normalized spacial score (nSPS) is 16.9. The van der Waals surface area contributed by atoms with Crippen LogP contribution in [-0.2, 0) is 23.5 Å². The molecule has 0 amide bonds. The number of carbonyl (C=O) groups is 2. The molecule has 84 heavy (non-hydrogen) atoms. The molecule has 0 aromatic heterocycles. The number of carbonyl (C=O) groups excluding carboxylic acids is 2. The van der Waals surface area contributed by atoms with Crippen molar-refractivity contribution in [2.75, 3.05) is 14.2 Å². The van der Waals surface area contributed by atoms with Gasteiger partial charge < -0.3 is 13.9 Å². The maximum absolute atomic E-state index is 12.9. The fourth-order valence-corrected chi connectivity index (χ4v) is 16.2. The Bertz CT molecular complexity index is 1450. The number of thioether (sulfide) groups is 1. The lowest BCUT2D eigenvalue weighted by molar-refractivity contribution is -0.149. The summed E-state index contributed by atoms with van der Waals surface area (Å²) in [6.45, 7) is 22.8. The molecule has 0 spiro atoms. The SMILES string of the molecule is CCCCCCCCCCCCC(CCCCC[C@H](C)[C@H](CCCCCCCCCCCCCCCC[C@H](C)C1C[C@H]1CCCCCCCCCCCCCCCCCC[C@@H](O[Si](C)(C)C(C)(C)C)[C@@H](CCCC)C(=O)OC)OC)SC(C)=O. The molecular formula is C77H152O5SSi. The van der Waals surface area contributed by atoms with Crippen molar-refractivity contribution >= 4 is 31.2 Å². The van der Waals surface area contributed by atoms with Gasteiger partial charge in [0, 0.05) is 19.3 Å². The molecule has 0 heterocycles. The number of esters is 1. The fourth-order valence-electron chi connectivity index (χ4n) is 13.8. The smallest absolute Gasteiger partial charge is 0.311 e. The van der Waals surface area contributed by atoms with E-state index in [-0.39, 0.29) is 23.0 Å². The second-order valence-corrected chi connectivity index (χ2v) is 35.9. The van der Waals surface area contributed by atoms with Crippen LogP contribution in [0.2, 0.25) is 18.1 Å². The van der Waals surface area contributed by atoms with Crippen LogP contribution in [0.3, 0.4) is 0 Å². The van der Waals surface area contributed by atoms with Crippen molar-refractivity contribution in [1.82, 2.24) is 0 Å². The van der Waals surface area contributed by atoms with Crippen LogP contribution in [-0.4, -0.2) is 51.1 Å². The van der Waals surface area contributed by atoms with E-state index >= 15 is 0 Å². The summed E-state index contributed by atoms with van der Waals surface area (Å²) in [6.07, 6.45) is 73.9. The lowest BCUT2D eigenvalue weighted by atomic mass is 9.92. The highest BCUT2D eigenvalue weighted by Gasteiger charge is 2.42. The van der Waals surface area contributed by atoms with Crippen molar-refractivity contribution in [1.29, 1.82) is 0 Å². The largest absolute Gasteiger partial charge is 0.469 e. The van der Waals surface area contributed by atoms with E-state index in [2.05, 4.69) is 61.6 Å². The zero-order chi connectivity index (χ0) is 61.8. The first-order valence-electron chi connectivity index (χ1n) is 38.1. The molecule has 5 nitrogen and oxygen atoms in total. The number of hydrogen-bond donors (Lipinski definition) is 0. The Morgan fingerprint density at radius 2 is 0.798 bits per heavy atom. The van der Waals surface area contributed by atoms with Crippen LogP contribution in [0.25, 0.3) is 0 Å². The molecule has 0 aromatic carbocycles. The van der Waals surface area contributed by atoms with E-state index in [4.69, 9.17) is 13.9 Å². The highest BCUT2D eigenvalue weighted by molar-refractivity contribution is 8.14. The molecule has 500 valence electrons. The van der Waals surface area contributed by atoms with E-state index in [1.807, 2.05) is 7.11 Å². The van der Waals surface area contributed by atoms with Crippen LogP contribution in [0, 0.1) is 29.6 Å². The number of unbranched alkanes of at least 4 members (excludes halogenated alkanes) is 40. The Morgan fingerprint density at radius 1 is 0.452 bits per heavy atom. The summed E-state index contributed by atoms with van der Waals surface area (Å²) in [6, 6.07) is 0. The molecule has 0 N–H and O–H groups in total. The molecule has 1 aliphatic carbocycles. The summed E-state index contributed by atoms with van der Waals surface area (Å²) in [7, 11) is 1.50. The van der Waals surface area contributed by atoms with Crippen molar-refractivity contribution in [2.24, 2.45) is 29.6 Å². The quantitative estimate of drug-likeness (QED) is 0.0344. The van der Waals surface area contributed by atoms with E-state index in [0.29, 0.717) is 22.4 Å². The van der Waals surface area contributed by atoms with Gasteiger partial charge in [-0.2, -0.15) is 0 Å². The zero-order valence-electron chi connectivity index (χ0n) is 59.3. The summed E-state index contributed by atoms with van der Waals surface area (Å²) in [5.41, 5.74) is 0. The van der Waals surface area contributed by atoms with Crippen LogP contribution < -0.4 is 0 Å². The minimum absolute atomic E-state index is 0.0130. The van der Waals surface area contributed by atoms with Crippen molar-refractivity contribution in [3.8, 4) is 0 Å². The van der Waals surface area contributed by atoms with Gasteiger partial charge in [-0.3, -0.25) is 9.59 Å². The molecule has 1 aliphatic rings. The minimum atomic E-state index is -1.98. The molecule has 0 bridgehead atoms. The van der Waals surface area contributed by atoms with Crippen molar-refractivity contribution in [3.05, 3.63) is 0 Å². The maximum Gasteiger partial charge on any atom is 0.311 e. The summed E-state index contributed by atoms with van der Waals surface area (Å²) in [5, 5.41) is 0.965. The Morgan fingerprint density at radius 3 is 1.18 bits per heavy atom. The van der Waals surface area contributed by atoms with E-state index in [1.54, 1.807) is 25.8 Å². The lowest BCUT2D eigenvalue weighted by Gasteiger charge is -2.41. The van der Waals surface area contributed by atoms with E-state index in [1.165, 1.54) is 315 Å². The predicted octanol–water partition coefficient (Wildman–Crippen LogP) is 26.5. The highest BCUT2D eigenvalue weighted by Crippen LogP contribution is 2.49. The second-order valence-electron chi connectivity index (χ2n) is 29.7. The van der Waals surface area contributed by atoms with Crippen molar-refractivity contribution in [3.63, 3.8) is 0 Å². The third kappa shape index (κ3) is 45.8. The first-order valence-corrected chi connectivity index (χ1v) is 41.9. The Kier molecular flexibility index (Phi) is 53.9. The molecule has 7 heteroatoms. The van der Waals surface area contributed by atoms with Crippen LogP contribution in [0.1, 0.15) is 402 Å². The molecule has 0 saturated heterocycles. The monoisotopic (exact) mass is 1220 g/mol.